The molecule has 2 nitrogen and oxygen atoms in total. The summed E-state index contributed by atoms with van der Waals surface area (Å²) in [6.07, 6.45) is 2.82. The van der Waals surface area contributed by atoms with Crippen LogP contribution in [0.3, 0.4) is 0 Å². The number of rotatable bonds is 2. The van der Waals surface area contributed by atoms with Crippen molar-refractivity contribution < 1.29 is 9.84 Å². The van der Waals surface area contributed by atoms with Gasteiger partial charge in [-0.15, -0.1) is 0 Å². The first-order valence-electron chi connectivity index (χ1n) is 5.84. The second-order valence-electron chi connectivity index (χ2n) is 4.58. The van der Waals surface area contributed by atoms with Gasteiger partial charge in [0.05, 0.1) is 15.6 Å². The van der Waals surface area contributed by atoms with Gasteiger partial charge in [0.1, 0.15) is 0 Å². The van der Waals surface area contributed by atoms with Crippen molar-refractivity contribution in [2.75, 3.05) is 13.2 Å². The predicted octanol–water partition coefficient (Wildman–Crippen LogP) is 3.47. The normalized spacial score (nSPS) is 25.6. The molecule has 0 radical (unpaired) electrons. The Bertz CT molecular complexity index is 385. The van der Waals surface area contributed by atoms with Crippen LogP contribution in [0, 0.1) is 0 Å². The molecule has 1 saturated heterocycles. The highest BCUT2D eigenvalue weighted by molar-refractivity contribution is 6.42. The fourth-order valence-electron chi connectivity index (χ4n) is 2.21. The lowest BCUT2D eigenvalue weighted by Crippen LogP contribution is -2.31. The molecule has 0 aliphatic carbocycles. The molecule has 4 heteroatoms. The maximum Gasteiger partial charge on any atom is 0.0711 e. The molecule has 0 saturated carbocycles. The van der Waals surface area contributed by atoms with Crippen molar-refractivity contribution in [1.29, 1.82) is 0 Å². The molecule has 94 valence electrons. The zero-order valence-electron chi connectivity index (χ0n) is 9.59. The van der Waals surface area contributed by atoms with Crippen LogP contribution in [0.4, 0.5) is 0 Å². The molecule has 1 aromatic rings. The van der Waals surface area contributed by atoms with Gasteiger partial charge in [-0.05, 0) is 30.9 Å². The zero-order chi connectivity index (χ0) is 12.3. The van der Waals surface area contributed by atoms with Crippen LogP contribution in [-0.2, 0) is 11.2 Å². The minimum absolute atomic E-state index is 0.537. The van der Waals surface area contributed by atoms with Gasteiger partial charge >= 0.3 is 0 Å². The lowest BCUT2D eigenvalue weighted by atomic mass is 9.88. The van der Waals surface area contributed by atoms with E-state index in [0.29, 0.717) is 29.5 Å². The largest absolute Gasteiger partial charge is 0.389 e. The Kier molecular flexibility index (Phi) is 4.31. The van der Waals surface area contributed by atoms with E-state index in [1.54, 1.807) is 6.07 Å². The topological polar surface area (TPSA) is 29.5 Å². The molecule has 0 aromatic heterocycles. The lowest BCUT2D eigenvalue weighted by Gasteiger charge is -2.26. The fraction of sp³-hybridized carbons (Fsp3) is 0.538. The summed E-state index contributed by atoms with van der Waals surface area (Å²) in [4.78, 5) is 0. The summed E-state index contributed by atoms with van der Waals surface area (Å²) in [6.45, 7) is 1.33. The van der Waals surface area contributed by atoms with Crippen LogP contribution in [0.25, 0.3) is 0 Å². The molecule has 1 aliphatic heterocycles. The third-order valence-electron chi connectivity index (χ3n) is 3.19. The van der Waals surface area contributed by atoms with Crippen LogP contribution in [0.1, 0.15) is 24.8 Å². The van der Waals surface area contributed by atoms with Gasteiger partial charge in [-0.1, -0.05) is 35.3 Å². The number of aliphatic hydroxyl groups is 1. The van der Waals surface area contributed by atoms with E-state index in [-0.39, 0.29) is 0 Å². The molecule has 2 rings (SSSR count). The van der Waals surface area contributed by atoms with E-state index < -0.39 is 5.60 Å². The zero-order valence-corrected chi connectivity index (χ0v) is 11.1. The second-order valence-corrected chi connectivity index (χ2v) is 5.37. The highest BCUT2D eigenvalue weighted by Crippen LogP contribution is 2.32. The highest BCUT2D eigenvalue weighted by Gasteiger charge is 2.29. The number of benzene rings is 1. The standard InChI is InChI=1S/C13H16Cl2O2/c14-11-4-1-3-10(12(11)15)9-13(16)5-2-7-17-8-6-13/h1,3-4,16H,2,5-9H2. The summed E-state index contributed by atoms with van der Waals surface area (Å²) in [5, 5.41) is 11.6. The number of ether oxygens (including phenoxy) is 1. The van der Waals surface area contributed by atoms with Gasteiger partial charge < -0.3 is 9.84 Å². The molecule has 1 atom stereocenters. The quantitative estimate of drug-likeness (QED) is 0.895. The third-order valence-corrected chi connectivity index (χ3v) is 4.05. The van der Waals surface area contributed by atoms with E-state index in [1.165, 1.54) is 0 Å². The van der Waals surface area contributed by atoms with Crippen molar-refractivity contribution in [1.82, 2.24) is 0 Å². The average molecular weight is 275 g/mol. The first kappa shape index (κ1) is 13.2. The van der Waals surface area contributed by atoms with Gasteiger partial charge in [0.15, 0.2) is 0 Å². The molecule has 1 aromatic carbocycles. The fourth-order valence-corrected chi connectivity index (χ4v) is 2.60. The molecule has 1 aliphatic rings. The van der Waals surface area contributed by atoms with Crippen LogP contribution in [-0.4, -0.2) is 23.9 Å². The molecule has 1 fully saturated rings. The molecule has 1 heterocycles. The smallest absolute Gasteiger partial charge is 0.0711 e. The maximum absolute atomic E-state index is 10.5. The molecule has 17 heavy (non-hydrogen) atoms. The Labute approximate surface area is 111 Å². The van der Waals surface area contributed by atoms with Crippen LogP contribution in [0.15, 0.2) is 18.2 Å². The SMILES string of the molecule is OC1(Cc2cccc(Cl)c2Cl)CCCOCC1. The Hall–Kier alpha value is -0.280. The second kappa shape index (κ2) is 5.57. The van der Waals surface area contributed by atoms with Crippen LogP contribution >= 0.6 is 23.2 Å². The molecule has 0 bridgehead atoms. The molecule has 0 spiro atoms. The first-order chi connectivity index (χ1) is 8.11. The van der Waals surface area contributed by atoms with E-state index in [1.807, 2.05) is 12.1 Å². The van der Waals surface area contributed by atoms with Gasteiger partial charge in [0.25, 0.3) is 0 Å². The van der Waals surface area contributed by atoms with Gasteiger partial charge in [-0.25, -0.2) is 0 Å². The van der Waals surface area contributed by atoms with Crippen molar-refractivity contribution >= 4 is 23.2 Å². The maximum atomic E-state index is 10.5. The summed E-state index contributed by atoms with van der Waals surface area (Å²) in [5.41, 5.74) is 0.189. The van der Waals surface area contributed by atoms with E-state index >= 15 is 0 Å². The summed E-state index contributed by atoms with van der Waals surface area (Å²) >= 11 is 12.1. The summed E-state index contributed by atoms with van der Waals surface area (Å²) in [5.74, 6) is 0. The monoisotopic (exact) mass is 274 g/mol. The van der Waals surface area contributed by atoms with Gasteiger partial charge in [0.2, 0.25) is 0 Å². The van der Waals surface area contributed by atoms with Crippen molar-refractivity contribution in [3.8, 4) is 0 Å². The average Bonchev–Trinajstić information content (AvgIpc) is 2.50. The van der Waals surface area contributed by atoms with Crippen LogP contribution in [0.2, 0.25) is 10.0 Å². The van der Waals surface area contributed by atoms with Crippen molar-refractivity contribution in [2.45, 2.75) is 31.3 Å². The number of hydrogen-bond donors (Lipinski definition) is 1. The molecule has 1 N–H and O–H groups in total. The first-order valence-corrected chi connectivity index (χ1v) is 6.59. The minimum Gasteiger partial charge on any atom is -0.389 e. The highest BCUT2D eigenvalue weighted by atomic mass is 35.5. The van der Waals surface area contributed by atoms with Crippen molar-refractivity contribution in [2.24, 2.45) is 0 Å². The van der Waals surface area contributed by atoms with Crippen molar-refractivity contribution in [3.05, 3.63) is 33.8 Å². The summed E-state index contributed by atoms with van der Waals surface area (Å²) in [6, 6.07) is 5.53. The van der Waals surface area contributed by atoms with Crippen LogP contribution < -0.4 is 0 Å². The minimum atomic E-state index is -0.717. The van der Waals surface area contributed by atoms with Gasteiger partial charge in [-0.2, -0.15) is 0 Å². The van der Waals surface area contributed by atoms with E-state index in [4.69, 9.17) is 27.9 Å². The van der Waals surface area contributed by atoms with E-state index in [9.17, 15) is 5.11 Å². The Morgan fingerprint density at radius 3 is 2.88 bits per heavy atom. The summed E-state index contributed by atoms with van der Waals surface area (Å²) in [7, 11) is 0. The number of hydrogen-bond acceptors (Lipinski definition) is 2. The Balaban J connectivity index is 2.15. The lowest BCUT2D eigenvalue weighted by molar-refractivity contribution is 0.0189. The van der Waals surface area contributed by atoms with Gasteiger partial charge in [-0.3, -0.25) is 0 Å². The molecule has 1 unspecified atom stereocenters. The van der Waals surface area contributed by atoms with Crippen LogP contribution in [0.5, 0.6) is 0 Å². The Morgan fingerprint density at radius 2 is 2.06 bits per heavy atom. The molecular formula is C13H16Cl2O2. The van der Waals surface area contributed by atoms with Crippen molar-refractivity contribution in [3.63, 3.8) is 0 Å². The molecular weight excluding hydrogens is 259 g/mol. The summed E-state index contributed by atoms with van der Waals surface area (Å²) < 4.78 is 5.36. The Morgan fingerprint density at radius 1 is 1.24 bits per heavy atom. The predicted molar refractivity (Wildman–Crippen MR) is 69.8 cm³/mol. The molecule has 0 amide bonds. The third kappa shape index (κ3) is 3.35. The van der Waals surface area contributed by atoms with E-state index in [0.717, 1.165) is 25.0 Å². The van der Waals surface area contributed by atoms with E-state index in [2.05, 4.69) is 0 Å². The number of halogens is 2. The van der Waals surface area contributed by atoms with Gasteiger partial charge in [0, 0.05) is 19.6 Å².